The Kier molecular flexibility index (Phi) is 6.14. The van der Waals surface area contributed by atoms with E-state index in [-0.39, 0.29) is 0 Å². The van der Waals surface area contributed by atoms with Crippen LogP contribution in [-0.4, -0.2) is 18.4 Å². The van der Waals surface area contributed by atoms with Crippen LogP contribution < -0.4 is 0 Å². The van der Waals surface area contributed by atoms with Crippen LogP contribution in [0.3, 0.4) is 0 Å². The summed E-state index contributed by atoms with van der Waals surface area (Å²) in [7, 11) is 0. The summed E-state index contributed by atoms with van der Waals surface area (Å²) in [5.74, 6) is 0. The first-order chi connectivity index (χ1) is 11.8. The van der Waals surface area contributed by atoms with Gasteiger partial charge in [-0.2, -0.15) is 0 Å². The molecule has 0 aliphatic carbocycles. The van der Waals surface area contributed by atoms with Crippen LogP contribution in [0.5, 0.6) is 0 Å². The van der Waals surface area contributed by atoms with Crippen molar-refractivity contribution in [2.45, 2.75) is 24.7 Å². The SMILES string of the molecule is C[CH2][Sn]([CH2]c1ccccc1)([CH2]c1ccccc1)[CH2]c1ccccc1. The summed E-state index contributed by atoms with van der Waals surface area (Å²) in [5, 5.41) is 0. The zero-order valence-electron chi connectivity index (χ0n) is 14.5. The fraction of sp³-hybridized carbons (Fsp3) is 0.217. The van der Waals surface area contributed by atoms with Crippen LogP contribution in [0.1, 0.15) is 23.6 Å². The van der Waals surface area contributed by atoms with Crippen LogP contribution in [0.4, 0.5) is 0 Å². The van der Waals surface area contributed by atoms with Crippen molar-refractivity contribution in [2.75, 3.05) is 0 Å². The second kappa shape index (κ2) is 8.53. The molecule has 24 heavy (non-hydrogen) atoms. The quantitative estimate of drug-likeness (QED) is 0.423. The van der Waals surface area contributed by atoms with Gasteiger partial charge in [0.25, 0.3) is 0 Å². The molecular weight excluding hydrogens is 395 g/mol. The maximum atomic E-state index is 2.44. The summed E-state index contributed by atoms with van der Waals surface area (Å²) < 4.78 is 5.37. The molecule has 0 saturated heterocycles. The minimum absolute atomic E-state index is 1.33. The Labute approximate surface area is 150 Å². The molecule has 0 unspecified atom stereocenters. The second-order valence-corrected chi connectivity index (χ2v) is 20.4. The Morgan fingerprint density at radius 2 is 0.792 bits per heavy atom. The predicted molar refractivity (Wildman–Crippen MR) is 107 cm³/mol. The van der Waals surface area contributed by atoms with E-state index >= 15 is 0 Å². The molecule has 0 nitrogen and oxygen atoms in total. The average Bonchev–Trinajstić information content (AvgIpc) is 2.64. The molecule has 0 N–H and O–H groups in total. The second-order valence-electron chi connectivity index (χ2n) is 6.84. The van der Waals surface area contributed by atoms with E-state index < -0.39 is 18.4 Å². The van der Waals surface area contributed by atoms with Crippen LogP contribution in [0, 0.1) is 0 Å². The standard InChI is InChI=1S/3C7H7.C2H5.Sn/c3*1-7-5-3-2-4-6-7;1-2;/h3*2-6H,1H2;1H2,2H3;. The van der Waals surface area contributed by atoms with E-state index in [1.807, 2.05) is 0 Å². The molecule has 1 heteroatoms. The van der Waals surface area contributed by atoms with E-state index in [4.69, 9.17) is 0 Å². The van der Waals surface area contributed by atoms with Crippen molar-refractivity contribution in [3.8, 4) is 0 Å². The molecule has 0 amide bonds. The molecule has 0 fully saturated rings. The van der Waals surface area contributed by atoms with Crippen LogP contribution in [0.25, 0.3) is 0 Å². The van der Waals surface area contributed by atoms with Crippen molar-refractivity contribution in [2.24, 2.45) is 0 Å². The minimum atomic E-state index is -2.39. The van der Waals surface area contributed by atoms with Crippen molar-refractivity contribution in [3.63, 3.8) is 0 Å². The van der Waals surface area contributed by atoms with Crippen molar-refractivity contribution >= 4 is 18.4 Å². The van der Waals surface area contributed by atoms with Crippen LogP contribution in [-0.2, 0) is 13.3 Å². The van der Waals surface area contributed by atoms with E-state index in [0.717, 1.165) is 0 Å². The fourth-order valence-corrected chi connectivity index (χ4v) is 16.3. The molecule has 0 aliphatic rings. The summed E-state index contributed by atoms with van der Waals surface area (Å²) in [6.45, 7) is 2.44. The van der Waals surface area contributed by atoms with E-state index in [1.165, 1.54) is 34.4 Å². The Bertz CT molecular complexity index is 618. The third-order valence-electron chi connectivity index (χ3n) is 5.02. The summed E-state index contributed by atoms with van der Waals surface area (Å²) in [5.41, 5.74) is 4.59. The van der Waals surface area contributed by atoms with Gasteiger partial charge < -0.3 is 0 Å². The number of hydrogen-bond acceptors (Lipinski definition) is 0. The normalized spacial score (nSPS) is 11.4. The van der Waals surface area contributed by atoms with Gasteiger partial charge in [0.15, 0.2) is 0 Å². The molecule has 3 rings (SSSR count). The van der Waals surface area contributed by atoms with Gasteiger partial charge >= 0.3 is 151 Å². The average molecular weight is 421 g/mol. The zero-order valence-corrected chi connectivity index (χ0v) is 17.3. The third-order valence-corrected chi connectivity index (χ3v) is 19.2. The molecular formula is C23H26Sn. The zero-order chi connectivity index (χ0) is 16.7. The van der Waals surface area contributed by atoms with Gasteiger partial charge in [0.2, 0.25) is 0 Å². The molecule has 0 radical (unpaired) electrons. The molecule has 3 aromatic carbocycles. The van der Waals surface area contributed by atoms with Gasteiger partial charge in [0.05, 0.1) is 0 Å². The van der Waals surface area contributed by atoms with Gasteiger partial charge in [0.1, 0.15) is 0 Å². The van der Waals surface area contributed by atoms with E-state index in [1.54, 1.807) is 0 Å². The summed E-state index contributed by atoms with van der Waals surface area (Å²) >= 11 is -2.39. The van der Waals surface area contributed by atoms with Crippen LogP contribution in [0.2, 0.25) is 4.44 Å². The van der Waals surface area contributed by atoms with Gasteiger partial charge in [-0.05, 0) is 0 Å². The van der Waals surface area contributed by atoms with Gasteiger partial charge in [-0.3, -0.25) is 0 Å². The topological polar surface area (TPSA) is 0 Å². The molecule has 0 bridgehead atoms. The molecule has 0 saturated carbocycles. The van der Waals surface area contributed by atoms with Crippen molar-refractivity contribution in [3.05, 3.63) is 108 Å². The Balaban J connectivity index is 1.91. The first-order valence-corrected chi connectivity index (χ1v) is 17.0. The van der Waals surface area contributed by atoms with Crippen LogP contribution >= 0.6 is 0 Å². The van der Waals surface area contributed by atoms with Gasteiger partial charge in [-0.1, -0.05) is 0 Å². The van der Waals surface area contributed by atoms with Crippen molar-refractivity contribution in [1.82, 2.24) is 0 Å². The predicted octanol–water partition coefficient (Wildman–Crippen LogP) is 5.80. The molecule has 0 spiro atoms. The molecule has 122 valence electrons. The van der Waals surface area contributed by atoms with Gasteiger partial charge in [0, 0.05) is 0 Å². The Morgan fingerprint density at radius 1 is 0.500 bits per heavy atom. The molecule has 0 heterocycles. The fourth-order valence-electron chi connectivity index (χ4n) is 3.65. The van der Waals surface area contributed by atoms with E-state index in [2.05, 4.69) is 97.9 Å². The van der Waals surface area contributed by atoms with Crippen molar-refractivity contribution < 1.29 is 0 Å². The van der Waals surface area contributed by atoms with Gasteiger partial charge in [-0.25, -0.2) is 0 Å². The van der Waals surface area contributed by atoms with E-state index in [0.29, 0.717) is 0 Å². The Hall–Kier alpha value is -1.54. The molecule has 3 aromatic rings. The number of rotatable bonds is 7. The van der Waals surface area contributed by atoms with Crippen LogP contribution in [0.15, 0.2) is 91.0 Å². The first kappa shape index (κ1) is 17.3. The monoisotopic (exact) mass is 422 g/mol. The summed E-state index contributed by atoms with van der Waals surface area (Å²) in [6.07, 6.45) is 0. The Morgan fingerprint density at radius 3 is 1.04 bits per heavy atom. The molecule has 0 atom stereocenters. The summed E-state index contributed by atoms with van der Waals surface area (Å²) in [6, 6.07) is 33.4. The van der Waals surface area contributed by atoms with Gasteiger partial charge in [-0.15, -0.1) is 0 Å². The van der Waals surface area contributed by atoms with E-state index in [9.17, 15) is 0 Å². The molecule has 0 aromatic heterocycles. The third kappa shape index (κ3) is 4.73. The number of hydrogen-bond donors (Lipinski definition) is 0. The molecule has 0 aliphatic heterocycles. The first-order valence-electron chi connectivity index (χ1n) is 8.91. The summed E-state index contributed by atoms with van der Waals surface area (Å²) in [4.78, 5) is 0. The number of benzene rings is 3. The maximum absolute atomic E-state index is 2.44. The van der Waals surface area contributed by atoms with Crippen molar-refractivity contribution in [1.29, 1.82) is 0 Å².